The summed E-state index contributed by atoms with van der Waals surface area (Å²) in [4.78, 5) is 28.6. The Balaban J connectivity index is 1.64. The van der Waals surface area contributed by atoms with Crippen molar-refractivity contribution >= 4 is 34.9 Å². The van der Waals surface area contributed by atoms with E-state index in [4.69, 9.17) is 16.3 Å². The number of carbonyl (C=O) groups excluding carboxylic acids is 2. The summed E-state index contributed by atoms with van der Waals surface area (Å²) >= 11 is 6.01. The van der Waals surface area contributed by atoms with Gasteiger partial charge in [0.05, 0.1) is 16.3 Å². The van der Waals surface area contributed by atoms with Crippen molar-refractivity contribution in [2.45, 2.75) is 0 Å². The first-order valence-corrected chi connectivity index (χ1v) is 8.50. The standard InChI is InChI=1S/C20H16ClN3O3/c21-15-8-2-3-9-16(15)23-19(25)13-27-17-10-4-1-7-14(17)20(26)24-18-11-5-6-12-22-18/h1-12H,13H2,(H,23,25)(H,22,24,26). The van der Waals surface area contributed by atoms with Crippen LogP contribution in [-0.4, -0.2) is 23.4 Å². The minimum absolute atomic E-state index is 0.265. The lowest BCUT2D eigenvalue weighted by Gasteiger charge is -2.12. The maximum Gasteiger partial charge on any atom is 0.262 e. The largest absolute Gasteiger partial charge is 0.483 e. The Bertz CT molecular complexity index is 948. The van der Waals surface area contributed by atoms with Crippen LogP contribution >= 0.6 is 11.6 Å². The first kappa shape index (κ1) is 18.4. The second-order valence-corrected chi connectivity index (χ2v) is 5.89. The van der Waals surface area contributed by atoms with Gasteiger partial charge in [-0.3, -0.25) is 9.59 Å². The van der Waals surface area contributed by atoms with Crippen LogP contribution in [0.4, 0.5) is 11.5 Å². The molecular weight excluding hydrogens is 366 g/mol. The number of para-hydroxylation sites is 2. The molecule has 2 amide bonds. The summed E-state index contributed by atoms with van der Waals surface area (Å²) in [6, 6.07) is 18.8. The first-order chi connectivity index (χ1) is 13.1. The van der Waals surface area contributed by atoms with E-state index in [0.29, 0.717) is 27.8 Å². The molecule has 1 aromatic heterocycles. The average molecular weight is 382 g/mol. The van der Waals surface area contributed by atoms with E-state index in [2.05, 4.69) is 15.6 Å². The molecule has 2 N–H and O–H groups in total. The SMILES string of the molecule is O=C(COc1ccccc1C(=O)Nc1ccccn1)Nc1ccccc1Cl. The van der Waals surface area contributed by atoms with Crippen molar-refractivity contribution in [3.8, 4) is 5.75 Å². The van der Waals surface area contributed by atoms with Crippen molar-refractivity contribution in [1.29, 1.82) is 0 Å². The number of ether oxygens (including phenoxy) is 1. The molecular formula is C20H16ClN3O3. The number of nitrogens with zero attached hydrogens (tertiary/aromatic N) is 1. The van der Waals surface area contributed by atoms with Crippen LogP contribution in [0.2, 0.25) is 5.02 Å². The lowest BCUT2D eigenvalue weighted by Crippen LogP contribution is -2.21. The van der Waals surface area contributed by atoms with Gasteiger partial charge in [-0.25, -0.2) is 4.98 Å². The third-order valence-electron chi connectivity index (χ3n) is 3.54. The van der Waals surface area contributed by atoms with Gasteiger partial charge in [-0.2, -0.15) is 0 Å². The molecule has 0 spiro atoms. The Morgan fingerprint density at radius 1 is 0.926 bits per heavy atom. The zero-order chi connectivity index (χ0) is 19.1. The van der Waals surface area contributed by atoms with Crippen LogP contribution in [0.3, 0.4) is 0 Å². The molecule has 27 heavy (non-hydrogen) atoms. The van der Waals surface area contributed by atoms with Crippen LogP contribution in [0.1, 0.15) is 10.4 Å². The molecule has 0 saturated heterocycles. The molecule has 3 aromatic rings. The molecule has 0 atom stereocenters. The van der Waals surface area contributed by atoms with Gasteiger partial charge in [0.25, 0.3) is 11.8 Å². The van der Waals surface area contributed by atoms with Gasteiger partial charge in [-0.05, 0) is 36.4 Å². The number of hydrogen-bond acceptors (Lipinski definition) is 4. The van der Waals surface area contributed by atoms with E-state index >= 15 is 0 Å². The third-order valence-corrected chi connectivity index (χ3v) is 3.87. The minimum Gasteiger partial charge on any atom is -0.483 e. The summed E-state index contributed by atoms with van der Waals surface area (Å²) in [5.41, 5.74) is 0.794. The Morgan fingerprint density at radius 2 is 1.67 bits per heavy atom. The highest BCUT2D eigenvalue weighted by atomic mass is 35.5. The summed E-state index contributed by atoms with van der Waals surface area (Å²) in [6.45, 7) is -0.265. The quantitative estimate of drug-likeness (QED) is 0.676. The zero-order valence-electron chi connectivity index (χ0n) is 14.2. The summed E-state index contributed by atoms with van der Waals surface area (Å²) in [7, 11) is 0. The van der Waals surface area contributed by atoms with Crippen LogP contribution in [0, 0.1) is 0 Å². The molecule has 0 saturated carbocycles. The van der Waals surface area contributed by atoms with Gasteiger partial charge in [0.2, 0.25) is 0 Å². The van der Waals surface area contributed by atoms with Crippen molar-refractivity contribution in [3.63, 3.8) is 0 Å². The van der Waals surface area contributed by atoms with Gasteiger partial charge in [0, 0.05) is 6.20 Å². The van der Waals surface area contributed by atoms with Crippen LogP contribution < -0.4 is 15.4 Å². The number of aromatic nitrogens is 1. The number of amides is 2. The smallest absolute Gasteiger partial charge is 0.262 e. The molecule has 136 valence electrons. The molecule has 0 aliphatic carbocycles. The van der Waals surface area contributed by atoms with Crippen LogP contribution in [-0.2, 0) is 4.79 Å². The van der Waals surface area contributed by atoms with Gasteiger partial charge in [0.1, 0.15) is 11.6 Å². The number of anilines is 2. The fraction of sp³-hybridized carbons (Fsp3) is 0.0500. The average Bonchev–Trinajstić information content (AvgIpc) is 2.69. The number of pyridine rings is 1. The van der Waals surface area contributed by atoms with Crippen molar-refractivity contribution in [1.82, 2.24) is 4.98 Å². The molecule has 6 nitrogen and oxygen atoms in total. The highest BCUT2D eigenvalue weighted by Gasteiger charge is 2.14. The number of carbonyl (C=O) groups is 2. The Morgan fingerprint density at radius 3 is 2.44 bits per heavy atom. The summed E-state index contributed by atoms with van der Waals surface area (Å²) < 4.78 is 5.53. The molecule has 1 heterocycles. The predicted octanol–water partition coefficient (Wildman–Crippen LogP) is 4.00. The van der Waals surface area contributed by atoms with E-state index in [9.17, 15) is 9.59 Å². The Hall–Kier alpha value is -3.38. The highest BCUT2D eigenvalue weighted by molar-refractivity contribution is 6.33. The maximum atomic E-state index is 12.5. The van der Waals surface area contributed by atoms with Gasteiger partial charge in [-0.1, -0.05) is 41.9 Å². The fourth-order valence-electron chi connectivity index (χ4n) is 2.29. The van der Waals surface area contributed by atoms with Gasteiger partial charge in [0.15, 0.2) is 6.61 Å². The fourth-order valence-corrected chi connectivity index (χ4v) is 2.48. The van der Waals surface area contributed by atoms with E-state index < -0.39 is 0 Å². The molecule has 0 aliphatic rings. The maximum absolute atomic E-state index is 12.5. The number of nitrogens with one attached hydrogen (secondary N) is 2. The van der Waals surface area contributed by atoms with Crippen LogP contribution in [0.15, 0.2) is 72.9 Å². The number of benzene rings is 2. The molecule has 0 fully saturated rings. The third kappa shape index (κ3) is 5.05. The Kier molecular flexibility index (Phi) is 6.02. The van der Waals surface area contributed by atoms with E-state index in [0.717, 1.165) is 0 Å². The molecule has 0 unspecified atom stereocenters. The van der Waals surface area contributed by atoms with Gasteiger partial charge in [-0.15, -0.1) is 0 Å². The van der Waals surface area contributed by atoms with E-state index in [1.54, 1.807) is 72.9 Å². The van der Waals surface area contributed by atoms with Crippen molar-refractivity contribution < 1.29 is 14.3 Å². The first-order valence-electron chi connectivity index (χ1n) is 8.12. The molecule has 0 aliphatic heterocycles. The summed E-state index contributed by atoms with van der Waals surface area (Å²) in [5, 5.41) is 5.78. The lowest BCUT2D eigenvalue weighted by atomic mass is 10.2. The number of halogens is 1. The van der Waals surface area contributed by atoms with E-state index in [1.807, 2.05) is 0 Å². The number of rotatable bonds is 6. The molecule has 0 radical (unpaired) electrons. The predicted molar refractivity (Wildman–Crippen MR) is 104 cm³/mol. The second-order valence-electron chi connectivity index (χ2n) is 5.48. The van der Waals surface area contributed by atoms with E-state index in [1.165, 1.54) is 0 Å². The second kappa shape index (κ2) is 8.82. The summed E-state index contributed by atoms with van der Waals surface area (Å²) in [5.74, 6) is -0.0483. The van der Waals surface area contributed by atoms with Crippen molar-refractivity contribution in [2.24, 2.45) is 0 Å². The highest BCUT2D eigenvalue weighted by Crippen LogP contribution is 2.21. The van der Waals surface area contributed by atoms with Crippen LogP contribution in [0.25, 0.3) is 0 Å². The zero-order valence-corrected chi connectivity index (χ0v) is 14.9. The van der Waals surface area contributed by atoms with E-state index in [-0.39, 0.29) is 18.4 Å². The molecule has 0 bridgehead atoms. The van der Waals surface area contributed by atoms with Gasteiger partial charge >= 0.3 is 0 Å². The normalized spacial score (nSPS) is 10.1. The molecule has 3 rings (SSSR count). The van der Waals surface area contributed by atoms with Crippen molar-refractivity contribution in [2.75, 3.05) is 17.2 Å². The van der Waals surface area contributed by atoms with Crippen molar-refractivity contribution in [3.05, 3.63) is 83.5 Å². The lowest BCUT2D eigenvalue weighted by molar-refractivity contribution is -0.118. The number of hydrogen-bond donors (Lipinski definition) is 2. The minimum atomic E-state index is -0.386. The topological polar surface area (TPSA) is 80.3 Å². The summed E-state index contributed by atoms with van der Waals surface area (Å²) in [6.07, 6.45) is 1.58. The van der Waals surface area contributed by atoms with Crippen LogP contribution in [0.5, 0.6) is 5.75 Å². The monoisotopic (exact) mass is 381 g/mol. The van der Waals surface area contributed by atoms with Gasteiger partial charge < -0.3 is 15.4 Å². The Labute approximate surface area is 161 Å². The molecule has 2 aromatic carbocycles. The molecule has 7 heteroatoms.